The first kappa shape index (κ1) is 29.6. The molecular formula is C28H37NO8S. The Bertz CT molecular complexity index is 1280. The van der Waals surface area contributed by atoms with Gasteiger partial charge in [-0.25, -0.2) is 4.79 Å². The van der Waals surface area contributed by atoms with Crippen molar-refractivity contribution in [3.63, 3.8) is 0 Å². The van der Waals surface area contributed by atoms with Crippen molar-refractivity contribution in [1.82, 2.24) is 4.31 Å². The summed E-state index contributed by atoms with van der Waals surface area (Å²) in [4.78, 5) is 25.2. The van der Waals surface area contributed by atoms with Gasteiger partial charge in [-0.05, 0) is 70.1 Å². The normalized spacial score (nSPS) is 23.6. The molecule has 1 fully saturated rings. The fraction of sp³-hybridized carbons (Fsp3) is 0.500. The first-order valence-electron chi connectivity index (χ1n) is 12.9. The molecule has 0 spiro atoms. The molecule has 0 aromatic heterocycles. The third kappa shape index (κ3) is 6.36. The van der Waals surface area contributed by atoms with Gasteiger partial charge < -0.3 is 14.9 Å². The molecule has 0 bridgehead atoms. The lowest BCUT2D eigenvalue weighted by molar-refractivity contribution is -0.140. The van der Waals surface area contributed by atoms with E-state index in [1.54, 1.807) is 12.1 Å². The summed E-state index contributed by atoms with van der Waals surface area (Å²) >= 11 is 0. The van der Waals surface area contributed by atoms with Crippen molar-refractivity contribution < 1.29 is 37.5 Å². The molecule has 4 atom stereocenters. The summed E-state index contributed by atoms with van der Waals surface area (Å²) in [6.07, 6.45) is 6.76. The predicted octanol–water partition coefficient (Wildman–Crippen LogP) is 4.57. The average molecular weight is 548 g/mol. The number of nitrogens with zero attached hydrogens (tertiary/aromatic N) is 1. The van der Waals surface area contributed by atoms with E-state index in [1.165, 1.54) is 6.92 Å². The van der Waals surface area contributed by atoms with Gasteiger partial charge in [0, 0.05) is 17.6 Å². The number of allylic oxidation sites excluding steroid dienone is 3. The number of carbonyl (C=O) groups excluding carboxylic acids is 2. The first-order valence-corrected chi connectivity index (χ1v) is 14.3. The van der Waals surface area contributed by atoms with Gasteiger partial charge in [0.25, 0.3) is 5.91 Å². The SMILES string of the molecule is C=C(C)[C@@H]1CCC(C)=C[C@H]1c1c(O)cc(CCCCC)cc1OC(=O)/C=C1/[C@@H]([C@@H](C)O)C(=O)N1S(=O)(=O)O. The van der Waals surface area contributed by atoms with E-state index in [0.29, 0.717) is 12.0 Å². The Labute approximate surface area is 224 Å². The highest BCUT2D eigenvalue weighted by molar-refractivity contribution is 7.84. The smallest absolute Gasteiger partial charge is 0.366 e. The molecule has 9 nitrogen and oxygen atoms in total. The standard InChI is InChI=1S/C28H37NO8S/c1-6-7-8-9-19-13-23(31)27(21-12-17(4)10-11-20(21)16(2)3)24(14-19)37-25(32)15-22-26(18(5)30)28(33)29(22)38(34,35)36/h12-15,18,20-21,26,30-31H,2,6-11H2,1,3-5H3,(H,34,35,36)/b22-15-/t18-,20+,21-,26-/m1/s1. The van der Waals surface area contributed by atoms with Crippen LogP contribution in [0.4, 0.5) is 0 Å². The van der Waals surface area contributed by atoms with Crippen LogP contribution in [-0.4, -0.2) is 45.5 Å². The van der Waals surface area contributed by atoms with E-state index >= 15 is 0 Å². The van der Waals surface area contributed by atoms with E-state index in [2.05, 4.69) is 13.5 Å². The fourth-order valence-corrected chi connectivity index (χ4v) is 6.04. The molecule has 2 aliphatic rings. The lowest BCUT2D eigenvalue weighted by atomic mass is 9.73. The summed E-state index contributed by atoms with van der Waals surface area (Å²) in [5.74, 6) is -3.56. The number of phenols is 1. The minimum Gasteiger partial charge on any atom is -0.507 e. The lowest BCUT2D eigenvalue weighted by Gasteiger charge is -2.39. The Hall–Kier alpha value is -2.95. The maximum Gasteiger partial charge on any atom is 0.366 e. The minimum absolute atomic E-state index is 0.00486. The molecule has 1 aromatic rings. The maximum absolute atomic E-state index is 13.1. The molecular weight excluding hydrogens is 510 g/mol. The van der Waals surface area contributed by atoms with Crippen molar-refractivity contribution in [2.75, 3.05) is 0 Å². The van der Waals surface area contributed by atoms with Gasteiger partial charge in [-0.2, -0.15) is 12.7 Å². The molecule has 1 aromatic carbocycles. The number of hydrogen-bond donors (Lipinski definition) is 3. The van der Waals surface area contributed by atoms with Gasteiger partial charge in [0.2, 0.25) is 0 Å². The number of aliphatic hydroxyl groups excluding tert-OH is 1. The Balaban J connectivity index is 2.06. The summed E-state index contributed by atoms with van der Waals surface area (Å²) in [5.41, 5.74) is 2.87. The van der Waals surface area contributed by atoms with Crippen LogP contribution in [0.25, 0.3) is 0 Å². The molecule has 3 rings (SSSR count). The molecule has 0 saturated carbocycles. The molecule has 0 unspecified atom stereocenters. The number of amides is 1. The summed E-state index contributed by atoms with van der Waals surface area (Å²) in [7, 11) is -4.98. The van der Waals surface area contributed by atoms with Crippen LogP contribution in [0.3, 0.4) is 0 Å². The number of esters is 1. The summed E-state index contributed by atoms with van der Waals surface area (Å²) in [6, 6.07) is 3.38. The number of benzene rings is 1. The molecule has 0 radical (unpaired) electrons. The lowest BCUT2D eigenvalue weighted by Crippen LogP contribution is -2.56. The van der Waals surface area contributed by atoms with Crippen molar-refractivity contribution in [3.8, 4) is 11.5 Å². The van der Waals surface area contributed by atoms with Crippen molar-refractivity contribution in [3.05, 3.63) is 58.8 Å². The van der Waals surface area contributed by atoms with Gasteiger partial charge in [0.15, 0.2) is 0 Å². The van der Waals surface area contributed by atoms with Crippen LogP contribution in [0.1, 0.15) is 76.8 Å². The number of phenolic OH excluding ortho intramolecular Hbond substituents is 1. The Morgan fingerprint density at radius 3 is 2.58 bits per heavy atom. The van der Waals surface area contributed by atoms with Crippen molar-refractivity contribution in [2.45, 2.75) is 78.2 Å². The second-order valence-corrected chi connectivity index (χ2v) is 11.6. The van der Waals surface area contributed by atoms with Gasteiger partial charge in [0.05, 0.1) is 11.8 Å². The van der Waals surface area contributed by atoms with Crippen LogP contribution in [0.15, 0.2) is 47.7 Å². The molecule has 208 valence electrons. The van der Waals surface area contributed by atoms with Gasteiger partial charge in [0.1, 0.15) is 17.4 Å². The van der Waals surface area contributed by atoms with E-state index in [0.717, 1.165) is 54.9 Å². The largest absolute Gasteiger partial charge is 0.507 e. The van der Waals surface area contributed by atoms with Crippen molar-refractivity contribution in [2.24, 2.45) is 11.8 Å². The number of aliphatic hydroxyl groups is 1. The van der Waals surface area contributed by atoms with Gasteiger partial charge in [-0.1, -0.05) is 43.6 Å². The number of aryl methyl sites for hydroxylation is 1. The summed E-state index contributed by atoms with van der Waals surface area (Å²) in [5, 5.41) is 21.1. The van der Waals surface area contributed by atoms with E-state index in [-0.39, 0.29) is 27.6 Å². The Morgan fingerprint density at radius 1 is 1.32 bits per heavy atom. The van der Waals surface area contributed by atoms with Crippen molar-refractivity contribution in [1.29, 1.82) is 0 Å². The molecule has 1 heterocycles. The average Bonchev–Trinajstić information content (AvgIpc) is 2.77. The van der Waals surface area contributed by atoms with Crippen LogP contribution in [0.5, 0.6) is 11.5 Å². The maximum atomic E-state index is 13.1. The zero-order valence-corrected chi connectivity index (χ0v) is 23.1. The van der Waals surface area contributed by atoms with Crippen LogP contribution in [-0.2, 0) is 26.3 Å². The van der Waals surface area contributed by atoms with Crippen LogP contribution < -0.4 is 4.74 Å². The number of carbonyl (C=O) groups is 2. The second kappa shape index (κ2) is 11.8. The van der Waals surface area contributed by atoms with Gasteiger partial charge in [-0.3, -0.25) is 9.35 Å². The third-order valence-corrected chi connectivity index (χ3v) is 8.02. The first-order chi connectivity index (χ1) is 17.8. The minimum atomic E-state index is -4.98. The zero-order valence-electron chi connectivity index (χ0n) is 22.3. The van der Waals surface area contributed by atoms with Gasteiger partial charge in [-0.15, -0.1) is 0 Å². The summed E-state index contributed by atoms with van der Waals surface area (Å²) in [6.45, 7) is 11.4. The fourth-order valence-electron chi connectivity index (χ4n) is 5.26. The molecule has 1 saturated heterocycles. The molecule has 1 aliphatic carbocycles. The monoisotopic (exact) mass is 547 g/mol. The Morgan fingerprint density at radius 2 is 2.00 bits per heavy atom. The van der Waals surface area contributed by atoms with Gasteiger partial charge >= 0.3 is 16.3 Å². The van der Waals surface area contributed by atoms with E-state index in [9.17, 15) is 32.8 Å². The van der Waals surface area contributed by atoms with Crippen LogP contribution >= 0.6 is 0 Å². The number of β-lactam (4-membered cyclic amide) rings is 1. The molecule has 3 N–H and O–H groups in total. The molecule has 38 heavy (non-hydrogen) atoms. The predicted molar refractivity (Wildman–Crippen MR) is 143 cm³/mol. The Kier molecular flexibility index (Phi) is 9.22. The summed E-state index contributed by atoms with van der Waals surface area (Å²) < 4.78 is 38.6. The third-order valence-electron chi connectivity index (χ3n) is 7.17. The molecule has 1 aliphatic heterocycles. The second-order valence-electron chi connectivity index (χ2n) is 10.3. The van der Waals surface area contributed by atoms with E-state index in [1.807, 2.05) is 19.9 Å². The van der Waals surface area contributed by atoms with Crippen LogP contribution in [0, 0.1) is 11.8 Å². The number of hydrogen-bond acceptors (Lipinski definition) is 7. The highest BCUT2D eigenvalue weighted by atomic mass is 32.2. The molecule has 1 amide bonds. The van der Waals surface area contributed by atoms with E-state index < -0.39 is 39.9 Å². The quantitative estimate of drug-likeness (QED) is 0.0736. The zero-order chi connectivity index (χ0) is 28.4. The highest BCUT2D eigenvalue weighted by Gasteiger charge is 2.51. The molecule has 10 heteroatoms. The highest BCUT2D eigenvalue weighted by Crippen LogP contribution is 2.47. The number of unbranched alkanes of at least 4 members (excludes halogenated alkanes) is 2. The topological polar surface area (TPSA) is 141 Å². The number of ether oxygens (including phenoxy) is 1. The number of aromatic hydroxyl groups is 1. The van der Waals surface area contributed by atoms with Crippen molar-refractivity contribution >= 4 is 22.2 Å². The number of rotatable bonds is 10. The van der Waals surface area contributed by atoms with E-state index in [4.69, 9.17) is 4.74 Å². The van der Waals surface area contributed by atoms with Crippen LogP contribution in [0.2, 0.25) is 0 Å².